The molecule has 0 saturated carbocycles. The molecule has 1 amide bonds. The first kappa shape index (κ1) is 25.6. The van der Waals surface area contributed by atoms with E-state index in [-0.39, 0.29) is 6.09 Å². The average molecular weight is 495 g/mol. The van der Waals surface area contributed by atoms with Gasteiger partial charge in [0.05, 0.1) is 19.1 Å². The number of amides is 1. The highest BCUT2D eigenvalue weighted by Crippen LogP contribution is 2.35. The number of piperazine rings is 1. The maximum absolute atomic E-state index is 13.0. The normalized spacial score (nSPS) is 14.6. The summed E-state index contributed by atoms with van der Waals surface area (Å²) in [5.74, 6) is 1.12. The number of nitrogens with zero attached hydrogens (tertiary/aromatic N) is 2. The van der Waals surface area contributed by atoms with Gasteiger partial charge < -0.3 is 23.5 Å². The van der Waals surface area contributed by atoms with E-state index < -0.39 is 11.2 Å². The predicted octanol–water partition coefficient (Wildman–Crippen LogP) is 4.79. The van der Waals surface area contributed by atoms with E-state index in [1.54, 1.807) is 18.1 Å². The number of benzene rings is 2. The van der Waals surface area contributed by atoms with E-state index in [0.29, 0.717) is 42.3 Å². The zero-order valence-corrected chi connectivity index (χ0v) is 21.4. The highest BCUT2D eigenvalue weighted by molar-refractivity contribution is 5.91. The van der Waals surface area contributed by atoms with Crippen LogP contribution in [0.25, 0.3) is 22.1 Å². The van der Waals surface area contributed by atoms with Gasteiger partial charge >= 0.3 is 11.7 Å². The van der Waals surface area contributed by atoms with Crippen molar-refractivity contribution in [3.63, 3.8) is 0 Å². The van der Waals surface area contributed by atoms with Gasteiger partial charge in [-0.2, -0.15) is 0 Å². The van der Waals surface area contributed by atoms with Crippen molar-refractivity contribution < 1.29 is 23.4 Å². The standard InChI is InChI=1S/C28H34N2O6/c1-28(2,3)36-27(32)30-16-14-29(15-17-30)13-8-18-34-25-22-12-11-21(33-4)19-23(22)35-26(31)24(25)20-9-6-5-7-10-20/h5-7,9-12,19H,8,13-18H2,1-4H3. The van der Waals surface area contributed by atoms with Gasteiger partial charge in [0, 0.05) is 38.8 Å². The van der Waals surface area contributed by atoms with E-state index in [2.05, 4.69) is 4.90 Å². The third-order valence-electron chi connectivity index (χ3n) is 6.02. The molecule has 0 aliphatic carbocycles. The first-order valence-electron chi connectivity index (χ1n) is 12.3. The minimum absolute atomic E-state index is 0.259. The Morgan fingerprint density at radius 3 is 2.42 bits per heavy atom. The number of carbonyl (C=O) groups excluding carboxylic acids is 1. The monoisotopic (exact) mass is 494 g/mol. The van der Waals surface area contributed by atoms with E-state index in [9.17, 15) is 9.59 Å². The Hall–Kier alpha value is -3.52. The number of hydrogen-bond donors (Lipinski definition) is 0. The number of methoxy groups -OCH3 is 1. The molecule has 0 spiro atoms. The van der Waals surface area contributed by atoms with E-state index >= 15 is 0 Å². The molecule has 8 heteroatoms. The van der Waals surface area contributed by atoms with Gasteiger partial charge in [-0.15, -0.1) is 0 Å². The average Bonchev–Trinajstić information content (AvgIpc) is 2.85. The molecule has 192 valence electrons. The summed E-state index contributed by atoms with van der Waals surface area (Å²) in [5.41, 5.74) is 0.646. The van der Waals surface area contributed by atoms with Gasteiger partial charge in [-0.25, -0.2) is 9.59 Å². The molecule has 0 atom stereocenters. The van der Waals surface area contributed by atoms with Crippen LogP contribution in [-0.2, 0) is 4.74 Å². The van der Waals surface area contributed by atoms with Crippen molar-refractivity contribution in [1.82, 2.24) is 9.80 Å². The first-order valence-corrected chi connectivity index (χ1v) is 12.3. The lowest BCUT2D eigenvalue weighted by Crippen LogP contribution is -2.50. The molecule has 36 heavy (non-hydrogen) atoms. The number of hydrogen-bond acceptors (Lipinski definition) is 7. The lowest BCUT2D eigenvalue weighted by molar-refractivity contribution is 0.0142. The van der Waals surface area contributed by atoms with Crippen molar-refractivity contribution in [2.45, 2.75) is 32.8 Å². The van der Waals surface area contributed by atoms with Gasteiger partial charge in [-0.3, -0.25) is 4.90 Å². The van der Waals surface area contributed by atoms with Crippen molar-refractivity contribution in [2.24, 2.45) is 0 Å². The minimum Gasteiger partial charge on any atom is -0.497 e. The molecule has 1 fully saturated rings. The summed E-state index contributed by atoms with van der Waals surface area (Å²) < 4.78 is 22.6. The van der Waals surface area contributed by atoms with Crippen LogP contribution in [0.4, 0.5) is 4.79 Å². The number of rotatable bonds is 7. The summed E-state index contributed by atoms with van der Waals surface area (Å²) in [6, 6.07) is 14.8. The van der Waals surface area contributed by atoms with Crippen molar-refractivity contribution in [1.29, 1.82) is 0 Å². The number of fused-ring (bicyclic) bond motifs is 1. The molecule has 1 aliphatic rings. The number of ether oxygens (including phenoxy) is 3. The molecule has 8 nitrogen and oxygen atoms in total. The molecular formula is C28H34N2O6. The molecular weight excluding hydrogens is 460 g/mol. The van der Waals surface area contributed by atoms with Crippen LogP contribution in [0.5, 0.6) is 11.5 Å². The topological polar surface area (TPSA) is 81.5 Å². The highest BCUT2D eigenvalue weighted by Gasteiger charge is 2.25. The van der Waals surface area contributed by atoms with Crippen LogP contribution in [0.15, 0.2) is 57.7 Å². The Kier molecular flexibility index (Phi) is 7.84. The lowest BCUT2D eigenvalue weighted by atomic mass is 10.0. The maximum atomic E-state index is 13.0. The molecule has 0 unspecified atom stereocenters. The van der Waals surface area contributed by atoms with Crippen molar-refractivity contribution in [2.75, 3.05) is 46.4 Å². The Labute approximate surface area is 211 Å². The zero-order chi connectivity index (χ0) is 25.7. The largest absolute Gasteiger partial charge is 0.497 e. The molecule has 1 aliphatic heterocycles. The second-order valence-electron chi connectivity index (χ2n) is 9.83. The number of carbonyl (C=O) groups is 1. The van der Waals surface area contributed by atoms with E-state index in [1.807, 2.05) is 63.2 Å². The van der Waals surface area contributed by atoms with Gasteiger partial charge in [0.2, 0.25) is 0 Å². The fraction of sp³-hybridized carbons (Fsp3) is 0.429. The second-order valence-corrected chi connectivity index (χ2v) is 9.83. The van der Waals surface area contributed by atoms with Gasteiger partial charge in [0.1, 0.15) is 28.2 Å². The summed E-state index contributed by atoms with van der Waals surface area (Å²) >= 11 is 0. The van der Waals surface area contributed by atoms with Crippen molar-refractivity contribution in [3.8, 4) is 22.6 Å². The summed E-state index contributed by atoms with van der Waals surface area (Å²) in [7, 11) is 1.57. The lowest BCUT2D eigenvalue weighted by Gasteiger charge is -2.35. The summed E-state index contributed by atoms with van der Waals surface area (Å²) in [6.07, 6.45) is 0.517. The Bertz CT molecular complexity index is 1240. The summed E-state index contributed by atoms with van der Waals surface area (Å²) in [6.45, 7) is 9.74. The third kappa shape index (κ3) is 6.18. The Balaban J connectivity index is 1.42. The molecule has 0 bridgehead atoms. The molecule has 0 N–H and O–H groups in total. The molecule has 2 heterocycles. The van der Waals surface area contributed by atoms with E-state index in [0.717, 1.165) is 37.0 Å². The Morgan fingerprint density at radius 2 is 1.75 bits per heavy atom. The molecule has 1 saturated heterocycles. The second kappa shape index (κ2) is 11.0. The van der Waals surface area contributed by atoms with Crippen molar-refractivity contribution in [3.05, 3.63) is 59.0 Å². The smallest absolute Gasteiger partial charge is 0.410 e. The van der Waals surface area contributed by atoms with Crippen LogP contribution in [0.3, 0.4) is 0 Å². The predicted molar refractivity (Wildman–Crippen MR) is 139 cm³/mol. The van der Waals surface area contributed by atoms with Crippen LogP contribution in [0.2, 0.25) is 0 Å². The molecule has 1 aromatic heterocycles. The van der Waals surface area contributed by atoms with Gasteiger partial charge in [-0.05, 0) is 44.9 Å². The zero-order valence-electron chi connectivity index (χ0n) is 21.4. The summed E-state index contributed by atoms with van der Waals surface area (Å²) in [5, 5.41) is 0.722. The minimum atomic E-state index is -0.492. The SMILES string of the molecule is COc1ccc2c(OCCCN3CCN(C(=O)OC(C)(C)C)CC3)c(-c3ccccc3)c(=O)oc2c1. The van der Waals surface area contributed by atoms with Crippen LogP contribution >= 0.6 is 0 Å². The highest BCUT2D eigenvalue weighted by atomic mass is 16.6. The van der Waals surface area contributed by atoms with Crippen LogP contribution in [0.1, 0.15) is 27.2 Å². The fourth-order valence-electron chi connectivity index (χ4n) is 4.23. The van der Waals surface area contributed by atoms with Crippen LogP contribution in [0, 0.1) is 0 Å². The molecule has 3 aromatic rings. The van der Waals surface area contributed by atoms with Crippen LogP contribution < -0.4 is 15.1 Å². The maximum Gasteiger partial charge on any atom is 0.410 e. The van der Waals surface area contributed by atoms with E-state index in [4.69, 9.17) is 18.6 Å². The Morgan fingerprint density at radius 1 is 1.03 bits per heavy atom. The third-order valence-corrected chi connectivity index (χ3v) is 6.02. The molecule has 0 radical (unpaired) electrons. The first-order chi connectivity index (χ1) is 17.2. The van der Waals surface area contributed by atoms with Crippen molar-refractivity contribution >= 4 is 17.1 Å². The quantitative estimate of drug-likeness (QED) is 0.345. The van der Waals surface area contributed by atoms with Crippen LogP contribution in [-0.4, -0.2) is 67.9 Å². The van der Waals surface area contributed by atoms with Gasteiger partial charge in [-0.1, -0.05) is 30.3 Å². The van der Waals surface area contributed by atoms with Gasteiger partial charge in [0.15, 0.2) is 0 Å². The van der Waals surface area contributed by atoms with Gasteiger partial charge in [0.25, 0.3) is 0 Å². The fourth-order valence-corrected chi connectivity index (χ4v) is 4.23. The summed E-state index contributed by atoms with van der Waals surface area (Å²) in [4.78, 5) is 29.3. The van der Waals surface area contributed by atoms with E-state index in [1.165, 1.54) is 0 Å². The molecule has 4 rings (SSSR count). The molecule has 2 aromatic carbocycles.